The van der Waals surface area contributed by atoms with Crippen LogP contribution in [0, 0.1) is 10.1 Å². The minimum atomic E-state index is -4.32. The number of nitro groups is 1. The van der Waals surface area contributed by atoms with E-state index in [0.29, 0.717) is 28.0 Å². The highest BCUT2D eigenvalue weighted by Gasteiger charge is 2.24. The van der Waals surface area contributed by atoms with Gasteiger partial charge in [0.1, 0.15) is 4.90 Å². The van der Waals surface area contributed by atoms with Crippen molar-refractivity contribution in [3.8, 4) is 34.3 Å². The third-order valence-corrected chi connectivity index (χ3v) is 7.58. The molecule has 1 aliphatic rings. The second-order valence-electron chi connectivity index (χ2n) is 7.98. The molecule has 0 amide bonds. The van der Waals surface area contributed by atoms with Gasteiger partial charge in [-0.15, -0.1) is 0 Å². The van der Waals surface area contributed by atoms with Gasteiger partial charge >= 0.3 is 10.1 Å². The number of ether oxygens (including phenoxy) is 3. The zero-order valence-corrected chi connectivity index (χ0v) is 22.3. The summed E-state index contributed by atoms with van der Waals surface area (Å²) in [6.07, 6.45) is 2.34. The molecule has 0 radical (unpaired) electrons. The van der Waals surface area contributed by atoms with Crippen molar-refractivity contribution in [2.24, 2.45) is 0 Å². The lowest BCUT2D eigenvalue weighted by atomic mass is 9.99. The van der Waals surface area contributed by atoms with Gasteiger partial charge in [-0.2, -0.15) is 8.42 Å². The number of benzene rings is 3. The lowest BCUT2D eigenvalue weighted by Crippen LogP contribution is -2.11. The van der Waals surface area contributed by atoms with Gasteiger partial charge < -0.3 is 18.4 Å². The predicted molar refractivity (Wildman–Crippen MR) is 143 cm³/mol. The summed E-state index contributed by atoms with van der Waals surface area (Å²) in [5, 5.41) is 12.0. The van der Waals surface area contributed by atoms with E-state index in [-0.39, 0.29) is 28.9 Å². The Morgan fingerprint density at radius 1 is 1.08 bits per heavy atom. The van der Waals surface area contributed by atoms with Crippen molar-refractivity contribution in [2.45, 2.75) is 11.3 Å². The van der Waals surface area contributed by atoms with E-state index < -0.39 is 15.0 Å². The first-order valence-corrected chi connectivity index (χ1v) is 13.9. The number of non-ortho nitro benzene ring substituents is 1. The lowest BCUT2D eigenvalue weighted by Gasteiger charge is -2.15. The molecule has 0 bridgehead atoms. The summed E-state index contributed by atoms with van der Waals surface area (Å²) in [6.45, 7) is 0.164. The van der Waals surface area contributed by atoms with Gasteiger partial charge in [-0.3, -0.25) is 15.1 Å². The first-order chi connectivity index (χ1) is 17.8. The fraction of sp³-hybridized carbons (Fsp3) is 0.160. The average Bonchev–Trinajstić information content (AvgIpc) is 3.35. The Hall–Kier alpha value is -3.65. The number of hydrogen-bond donors (Lipinski definition) is 0. The first-order valence-electron chi connectivity index (χ1n) is 11.0. The van der Waals surface area contributed by atoms with Crippen LogP contribution in [0.15, 0.2) is 65.7 Å². The number of hydrogen-bond acceptors (Lipinski definition) is 9. The first kappa shape index (κ1) is 25.0. The maximum absolute atomic E-state index is 13.0. The van der Waals surface area contributed by atoms with Gasteiger partial charge in [0.2, 0.25) is 6.79 Å². The average molecular weight is 634 g/mol. The molecule has 10 nitrogen and oxygen atoms in total. The summed E-state index contributed by atoms with van der Waals surface area (Å²) in [4.78, 5) is 14.7. The summed E-state index contributed by atoms with van der Waals surface area (Å²) in [5.41, 5.74) is 2.39. The van der Waals surface area contributed by atoms with E-state index in [1.165, 1.54) is 13.3 Å². The van der Waals surface area contributed by atoms with E-state index in [9.17, 15) is 18.5 Å². The quantitative estimate of drug-likeness (QED) is 0.0835. The van der Waals surface area contributed by atoms with E-state index in [4.69, 9.17) is 18.4 Å². The number of nitro benzene ring substituents is 1. The number of aromatic nitrogens is 1. The number of pyridine rings is 1. The maximum atomic E-state index is 13.0. The Bertz CT molecular complexity index is 1620. The third kappa shape index (κ3) is 4.85. The molecule has 1 aliphatic heterocycles. The summed E-state index contributed by atoms with van der Waals surface area (Å²) in [7, 11) is -2.92. The van der Waals surface area contributed by atoms with Gasteiger partial charge in [-0.05, 0) is 53.8 Å². The van der Waals surface area contributed by atoms with Crippen molar-refractivity contribution in [3.63, 3.8) is 0 Å². The molecular formula is C25H19IN2O8S. The number of halogens is 1. The predicted octanol–water partition coefficient (Wildman–Crippen LogP) is 5.29. The standard InChI is InChI=1S/C25H19IN2O8S/c1-33-22-7-2-15-10-21(19-12-24-23(34-14-35-24)11-16(19)8-9-26)27-13-20(15)25(22)36-37(31,32)18-5-3-17(4-6-18)28(29)30/h2-7,10-13H,8-9,14H2,1H3. The fourth-order valence-corrected chi connectivity index (χ4v) is 5.53. The number of alkyl halides is 1. The molecule has 1 aromatic heterocycles. The smallest absolute Gasteiger partial charge is 0.339 e. The molecule has 12 heteroatoms. The third-order valence-electron chi connectivity index (χ3n) is 5.81. The van der Waals surface area contributed by atoms with E-state index in [1.54, 1.807) is 12.1 Å². The highest BCUT2D eigenvalue weighted by atomic mass is 127. The van der Waals surface area contributed by atoms with Gasteiger partial charge in [-0.1, -0.05) is 28.7 Å². The van der Waals surface area contributed by atoms with Gasteiger partial charge in [0.05, 0.1) is 17.7 Å². The van der Waals surface area contributed by atoms with Crippen LogP contribution in [0.3, 0.4) is 0 Å². The Kier molecular flexibility index (Phi) is 6.77. The number of nitrogens with zero attached hydrogens (tertiary/aromatic N) is 2. The van der Waals surface area contributed by atoms with Crippen LogP contribution in [0.25, 0.3) is 22.0 Å². The van der Waals surface area contributed by atoms with Gasteiger partial charge in [-0.25, -0.2) is 0 Å². The van der Waals surface area contributed by atoms with Gasteiger partial charge in [0.15, 0.2) is 23.0 Å². The number of methoxy groups -OCH3 is 1. The van der Waals surface area contributed by atoms with Crippen LogP contribution < -0.4 is 18.4 Å². The van der Waals surface area contributed by atoms with Crippen molar-refractivity contribution >= 4 is 49.2 Å². The van der Waals surface area contributed by atoms with E-state index in [0.717, 1.165) is 46.2 Å². The zero-order valence-electron chi connectivity index (χ0n) is 19.3. The molecule has 0 atom stereocenters. The monoisotopic (exact) mass is 634 g/mol. The van der Waals surface area contributed by atoms with Gasteiger partial charge in [0.25, 0.3) is 5.69 Å². The van der Waals surface area contributed by atoms with Crippen LogP contribution in [-0.4, -0.2) is 36.7 Å². The zero-order chi connectivity index (χ0) is 26.2. The minimum Gasteiger partial charge on any atom is -0.493 e. The Balaban J connectivity index is 1.57. The highest BCUT2D eigenvalue weighted by molar-refractivity contribution is 14.1. The summed E-state index contributed by atoms with van der Waals surface area (Å²) in [6, 6.07) is 13.5. The molecule has 5 rings (SSSR count). The summed E-state index contributed by atoms with van der Waals surface area (Å²) >= 11 is 2.31. The summed E-state index contributed by atoms with van der Waals surface area (Å²) < 4.78 is 48.9. The van der Waals surface area contributed by atoms with Crippen LogP contribution in [0.4, 0.5) is 5.69 Å². The van der Waals surface area contributed by atoms with Crippen LogP contribution in [0.5, 0.6) is 23.0 Å². The lowest BCUT2D eigenvalue weighted by molar-refractivity contribution is -0.384. The molecule has 37 heavy (non-hydrogen) atoms. The molecule has 0 saturated carbocycles. The number of aryl methyl sites for hydroxylation is 1. The van der Waals surface area contributed by atoms with Crippen molar-refractivity contribution in [3.05, 3.63) is 76.5 Å². The van der Waals surface area contributed by atoms with Crippen molar-refractivity contribution in [1.29, 1.82) is 0 Å². The molecule has 0 spiro atoms. The molecule has 0 saturated heterocycles. The fourth-order valence-electron chi connectivity index (χ4n) is 3.99. The molecule has 0 unspecified atom stereocenters. The molecular weight excluding hydrogens is 615 g/mol. The second-order valence-corrected chi connectivity index (χ2v) is 10.6. The Morgan fingerprint density at radius 3 is 2.49 bits per heavy atom. The SMILES string of the molecule is COc1ccc2cc(-c3cc4c(cc3CCI)OCO4)ncc2c1OS(=O)(=O)c1ccc([N+](=O)[O-])cc1. The Labute approximate surface area is 225 Å². The van der Waals surface area contributed by atoms with Crippen LogP contribution in [-0.2, 0) is 16.5 Å². The van der Waals surface area contributed by atoms with Crippen molar-refractivity contribution in [1.82, 2.24) is 4.98 Å². The van der Waals surface area contributed by atoms with Gasteiger partial charge in [0, 0.05) is 33.7 Å². The maximum Gasteiger partial charge on any atom is 0.339 e. The van der Waals surface area contributed by atoms with Crippen LogP contribution in [0.1, 0.15) is 5.56 Å². The van der Waals surface area contributed by atoms with Crippen molar-refractivity contribution in [2.75, 3.05) is 18.3 Å². The number of fused-ring (bicyclic) bond motifs is 2. The molecule has 0 fully saturated rings. The summed E-state index contributed by atoms with van der Waals surface area (Å²) in [5.74, 6) is 1.50. The molecule has 0 aliphatic carbocycles. The minimum absolute atomic E-state index is 0.0319. The van der Waals surface area contributed by atoms with Crippen LogP contribution in [0.2, 0.25) is 0 Å². The molecule has 3 aromatic carbocycles. The molecule has 2 heterocycles. The van der Waals surface area contributed by atoms with Crippen molar-refractivity contribution < 1.29 is 31.7 Å². The molecule has 190 valence electrons. The number of rotatable bonds is 8. The van der Waals surface area contributed by atoms with E-state index in [2.05, 4.69) is 27.6 Å². The normalized spacial score (nSPS) is 12.5. The van der Waals surface area contributed by atoms with E-state index >= 15 is 0 Å². The van der Waals surface area contributed by atoms with Crippen LogP contribution >= 0.6 is 22.6 Å². The molecule has 0 N–H and O–H groups in total. The molecule has 4 aromatic rings. The topological polar surface area (TPSA) is 127 Å². The van der Waals surface area contributed by atoms with E-state index in [1.807, 2.05) is 18.2 Å². The Morgan fingerprint density at radius 2 is 1.81 bits per heavy atom. The second kappa shape index (κ2) is 10.0. The largest absolute Gasteiger partial charge is 0.493 e. The highest BCUT2D eigenvalue weighted by Crippen LogP contribution is 2.41.